The average Bonchev–Trinajstić information content (AvgIpc) is 3.47. The molecule has 6 rings (SSSR count). The Kier molecular flexibility index (Phi) is 4.46. The third-order valence-corrected chi connectivity index (χ3v) is 9.69. The Hall–Kier alpha value is -1.79. The molecule has 1 aliphatic heterocycles. The summed E-state index contributed by atoms with van der Waals surface area (Å²) in [4.78, 5) is 25.3. The number of furan rings is 1. The van der Waals surface area contributed by atoms with E-state index < -0.39 is 35.4 Å². The van der Waals surface area contributed by atoms with E-state index in [9.17, 15) is 14.0 Å². The molecule has 1 aromatic heterocycles. The summed E-state index contributed by atoms with van der Waals surface area (Å²) in [5, 5.41) is 0. The highest BCUT2D eigenvalue weighted by molar-refractivity contribution is 5.92. The van der Waals surface area contributed by atoms with E-state index in [2.05, 4.69) is 6.92 Å². The van der Waals surface area contributed by atoms with Gasteiger partial charge >= 0.3 is 0 Å². The van der Waals surface area contributed by atoms with Crippen LogP contribution in [-0.2, 0) is 24.8 Å². The number of halogens is 1. The number of carbonyl (C=O) groups excluding carboxylic acids is 2. The van der Waals surface area contributed by atoms with Crippen molar-refractivity contribution in [2.75, 3.05) is 6.67 Å². The predicted molar refractivity (Wildman–Crippen MR) is 113 cm³/mol. The molecular formula is C26H31FO5. The van der Waals surface area contributed by atoms with Crippen LogP contribution >= 0.6 is 0 Å². The molecule has 3 saturated carbocycles. The lowest BCUT2D eigenvalue weighted by Gasteiger charge is -2.55. The van der Waals surface area contributed by atoms with Gasteiger partial charge in [-0.2, -0.15) is 0 Å². The molecule has 172 valence electrons. The minimum atomic E-state index is -1.29. The number of ether oxygens (including phenoxy) is 2. The molecule has 1 saturated heterocycles. The zero-order chi connectivity index (χ0) is 22.3. The van der Waals surface area contributed by atoms with Crippen molar-refractivity contribution in [2.24, 2.45) is 29.1 Å². The van der Waals surface area contributed by atoms with Crippen LogP contribution in [0.5, 0.6) is 0 Å². The van der Waals surface area contributed by atoms with Crippen LogP contribution in [-0.4, -0.2) is 29.9 Å². The molecule has 0 bridgehead atoms. The molecule has 0 N–H and O–H groups in total. The van der Waals surface area contributed by atoms with Crippen LogP contribution in [0.25, 0.3) is 0 Å². The van der Waals surface area contributed by atoms with Crippen molar-refractivity contribution in [2.45, 2.75) is 76.3 Å². The van der Waals surface area contributed by atoms with Crippen molar-refractivity contribution >= 4 is 11.6 Å². The van der Waals surface area contributed by atoms with Gasteiger partial charge in [0, 0.05) is 11.8 Å². The number of fused-ring (bicyclic) bond motifs is 7. The van der Waals surface area contributed by atoms with E-state index in [-0.39, 0.29) is 11.7 Å². The number of Topliss-reactive ketones (excluding diaryl/α,β-unsaturated/α-hetero) is 1. The topological polar surface area (TPSA) is 65.7 Å². The SMILES string of the molecule is C[C@]1(c2ccco2)O[C@@H]2CC3C4CCC5=CC(=O)CC[C@@H]5C4CC[C@]3(C)[C@]2(C(=O)C[18F])O1. The molecule has 0 aromatic carbocycles. The molecule has 3 unspecified atom stereocenters. The highest BCUT2D eigenvalue weighted by Gasteiger charge is 2.76. The number of hydrogen-bond donors (Lipinski definition) is 0. The van der Waals surface area contributed by atoms with Gasteiger partial charge in [-0.25, -0.2) is 4.39 Å². The fourth-order valence-electron chi connectivity index (χ4n) is 8.38. The fourth-order valence-corrected chi connectivity index (χ4v) is 8.38. The van der Waals surface area contributed by atoms with Crippen LogP contribution < -0.4 is 0 Å². The summed E-state index contributed by atoms with van der Waals surface area (Å²) in [5.74, 6) is 0.747. The highest BCUT2D eigenvalue weighted by atomic mass is 18.2. The maximum Gasteiger partial charge on any atom is 0.226 e. The van der Waals surface area contributed by atoms with E-state index in [1.54, 1.807) is 25.3 Å². The summed E-state index contributed by atoms with van der Waals surface area (Å²) in [5.41, 5.74) is -0.452. The second-order valence-electron chi connectivity index (χ2n) is 10.9. The molecule has 8 atom stereocenters. The molecule has 5 nitrogen and oxygen atoms in total. The van der Waals surface area contributed by atoms with Crippen LogP contribution in [0.15, 0.2) is 34.5 Å². The minimum Gasteiger partial charge on any atom is -0.464 e. The maximum absolute atomic E-state index is 14.0. The van der Waals surface area contributed by atoms with E-state index in [4.69, 9.17) is 13.9 Å². The van der Waals surface area contributed by atoms with E-state index in [1.807, 2.05) is 6.08 Å². The van der Waals surface area contributed by atoms with Gasteiger partial charge in [-0.15, -0.1) is 0 Å². The summed E-state index contributed by atoms with van der Waals surface area (Å²) in [6.45, 7) is 2.86. The Balaban J connectivity index is 1.38. The van der Waals surface area contributed by atoms with Gasteiger partial charge in [0.25, 0.3) is 0 Å². The van der Waals surface area contributed by atoms with Crippen molar-refractivity contribution in [3.8, 4) is 0 Å². The highest BCUT2D eigenvalue weighted by Crippen LogP contribution is 2.69. The summed E-state index contributed by atoms with van der Waals surface area (Å²) in [6.07, 6.45) is 8.99. The minimum absolute atomic E-state index is 0.238. The van der Waals surface area contributed by atoms with Crippen LogP contribution in [0.3, 0.4) is 0 Å². The molecule has 4 fully saturated rings. The molecule has 4 aliphatic carbocycles. The van der Waals surface area contributed by atoms with Gasteiger partial charge in [-0.3, -0.25) is 9.59 Å². The normalized spacial score (nSPS) is 47.3. The van der Waals surface area contributed by atoms with Crippen LogP contribution in [0.2, 0.25) is 0 Å². The van der Waals surface area contributed by atoms with Crippen molar-refractivity contribution < 1.29 is 27.9 Å². The molecule has 0 spiro atoms. The van der Waals surface area contributed by atoms with Gasteiger partial charge in [0.1, 0.15) is 0 Å². The van der Waals surface area contributed by atoms with Gasteiger partial charge < -0.3 is 13.9 Å². The Bertz CT molecular complexity index is 984. The summed E-state index contributed by atoms with van der Waals surface area (Å²) in [7, 11) is 0. The van der Waals surface area contributed by atoms with Crippen molar-refractivity contribution in [3.05, 3.63) is 35.8 Å². The summed E-state index contributed by atoms with van der Waals surface area (Å²) < 4.78 is 32.6. The Labute approximate surface area is 187 Å². The van der Waals surface area contributed by atoms with Gasteiger partial charge in [0.2, 0.25) is 5.79 Å². The molecule has 6 heteroatoms. The quantitative estimate of drug-likeness (QED) is 0.668. The lowest BCUT2D eigenvalue weighted by molar-refractivity contribution is -0.234. The number of ketones is 2. The van der Waals surface area contributed by atoms with Crippen molar-refractivity contribution in [1.82, 2.24) is 0 Å². The zero-order valence-electron chi connectivity index (χ0n) is 18.8. The largest absolute Gasteiger partial charge is 0.464 e. The number of alkyl halides is 1. The first-order chi connectivity index (χ1) is 15.3. The maximum atomic E-state index is 14.0. The third kappa shape index (κ3) is 2.51. The van der Waals surface area contributed by atoms with E-state index >= 15 is 0 Å². The van der Waals surface area contributed by atoms with Crippen molar-refractivity contribution in [1.29, 1.82) is 0 Å². The monoisotopic (exact) mass is 441 g/mol. The summed E-state index contributed by atoms with van der Waals surface area (Å²) in [6, 6.07) is 3.55. The van der Waals surface area contributed by atoms with Crippen molar-refractivity contribution in [3.63, 3.8) is 0 Å². The molecule has 1 aromatic rings. The van der Waals surface area contributed by atoms with Gasteiger partial charge in [-0.1, -0.05) is 12.5 Å². The second kappa shape index (κ2) is 6.86. The van der Waals surface area contributed by atoms with Gasteiger partial charge in [0.15, 0.2) is 29.6 Å². The smallest absolute Gasteiger partial charge is 0.226 e. The van der Waals surface area contributed by atoms with Crippen LogP contribution in [0, 0.1) is 29.1 Å². The third-order valence-electron chi connectivity index (χ3n) is 9.69. The van der Waals surface area contributed by atoms with Crippen LogP contribution in [0.1, 0.15) is 64.6 Å². The number of hydrogen-bond acceptors (Lipinski definition) is 5. The van der Waals surface area contributed by atoms with E-state index in [0.717, 1.165) is 32.1 Å². The van der Waals surface area contributed by atoms with E-state index in [0.29, 0.717) is 36.4 Å². The average molecular weight is 442 g/mol. The lowest BCUT2D eigenvalue weighted by Crippen LogP contribution is -2.60. The first-order valence-electron chi connectivity index (χ1n) is 12.1. The van der Waals surface area contributed by atoms with Gasteiger partial charge in [0.05, 0.1) is 12.4 Å². The molecular weight excluding hydrogens is 410 g/mol. The molecule has 32 heavy (non-hydrogen) atoms. The Morgan fingerprint density at radius 1 is 1.19 bits per heavy atom. The Morgan fingerprint density at radius 3 is 2.78 bits per heavy atom. The number of allylic oxidation sites excluding steroid dienone is 1. The molecule has 0 amide bonds. The molecule has 5 aliphatic rings. The molecule has 0 radical (unpaired) electrons. The Morgan fingerprint density at radius 2 is 2.03 bits per heavy atom. The molecule has 2 heterocycles. The standard InChI is InChI=1S/C26H31FO5/c1-24-10-9-18-17-8-6-16(28)12-15(17)5-7-19(18)20(24)13-23-26(24,21(29)14-27)32-25(2,31-23)22-4-3-11-30-22/h3-4,11-12,17-20,23H,5-10,13-14H2,1-2H3/t17-,18?,19?,20?,23+,24-,25-,26+/m0/s1/i27-1. The number of rotatable bonds is 3. The van der Waals surface area contributed by atoms with Gasteiger partial charge in [-0.05, 0) is 87.3 Å². The summed E-state index contributed by atoms with van der Waals surface area (Å²) >= 11 is 0. The zero-order valence-corrected chi connectivity index (χ0v) is 18.8. The fraction of sp³-hybridized carbons (Fsp3) is 0.692. The first kappa shape index (κ1) is 20.8. The predicted octanol–water partition coefficient (Wildman–Crippen LogP) is 4.90. The second-order valence-corrected chi connectivity index (χ2v) is 10.9. The number of carbonyl (C=O) groups is 2. The first-order valence-corrected chi connectivity index (χ1v) is 12.1. The lowest BCUT2D eigenvalue weighted by atomic mass is 9.50. The van der Waals surface area contributed by atoms with Crippen LogP contribution in [0.4, 0.5) is 4.39 Å². The van der Waals surface area contributed by atoms with E-state index in [1.165, 1.54) is 5.57 Å².